The van der Waals surface area contributed by atoms with Gasteiger partial charge in [-0.05, 0) is 60.7 Å². The van der Waals surface area contributed by atoms with Crippen LogP contribution in [0.15, 0.2) is 66.7 Å². The zero-order chi connectivity index (χ0) is 19.3. The van der Waals surface area contributed by atoms with Gasteiger partial charge in [-0.25, -0.2) is 0 Å². The van der Waals surface area contributed by atoms with E-state index in [4.69, 9.17) is 0 Å². The van der Waals surface area contributed by atoms with Gasteiger partial charge in [0.1, 0.15) is 5.75 Å². The third-order valence-corrected chi connectivity index (χ3v) is 4.70. The number of phenolic OH excluding ortho intramolecular Hbond substituents is 1. The van der Waals surface area contributed by atoms with E-state index >= 15 is 0 Å². The number of aromatic hydroxyl groups is 1. The number of hydrogen-bond donors (Lipinski definition) is 2. The molecule has 2 N–H and O–H groups in total. The Balaban J connectivity index is 1.48. The monoisotopic (exact) mass is 374 g/mol. The summed E-state index contributed by atoms with van der Waals surface area (Å²) in [6.07, 6.45) is 2.45. The number of amides is 1. The first kappa shape index (κ1) is 18.0. The molecule has 0 radical (unpaired) electrons. The zero-order valence-corrected chi connectivity index (χ0v) is 15.5. The van der Waals surface area contributed by atoms with Crippen LogP contribution in [-0.4, -0.2) is 27.8 Å². The van der Waals surface area contributed by atoms with Crippen molar-refractivity contribution in [3.05, 3.63) is 78.0 Å². The molecule has 3 aromatic rings. The second-order valence-electron chi connectivity index (χ2n) is 7.09. The Kier molecular flexibility index (Phi) is 5.19. The van der Waals surface area contributed by atoms with Gasteiger partial charge in [0.05, 0.1) is 0 Å². The van der Waals surface area contributed by atoms with Crippen LogP contribution in [0.5, 0.6) is 5.75 Å². The van der Waals surface area contributed by atoms with Crippen LogP contribution in [0.1, 0.15) is 28.9 Å². The summed E-state index contributed by atoms with van der Waals surface area (Å²) in [7, 11) is 0. The molecule has 4 rings (SSSR count). The second-order valence-corrected chi connectivity index (χ2v) is 7.09. The Morgan fingerprint density at radius 1 is 1.04 bits per heavy atom. The largest absolute Gasteiger partial charge is 0.508 e. The molecule has 0 spiro atoms. The van der Waals surface area contributed by atoms with Crippen molar-refractivity contribution < 1.29 is 9.90 Å². The van der Waals surface area contributed by atoms with E-state index < -0.39 is 0 Å². The van der Waals surface area contributed by atoms with Crippen LogP contribution >= 0.6 is 0 Å². The normalized spacial score (nSPS) is 13.1. The van der Waals surface area contributed by atoms with Crippen LogP contribution in [0.2, 0.25) is 0 Å². The van der Waals surface area contributed by atoms with Crippen molar-refractivity contribution in [2.75, 3.05) is 16.8 Å². The number of hydrogen-bond acceptors (Lipinski definition) is 5. The summed E-state index contributed by atoms with van der Waals surface area (Å²) < 4.78 is 0. The molecule has 1 fully saturated rings. The van der Waals surface area contributed by atoms with Crippen LogP contribution in [0.4, 0.5) is 11.5 Å². The summed E-state index contributed by atoms with van der Waals surface area (Å²) in [5.74, 6) is 1.36. The molecule has 6 heteroatoms. The first-order valence-electron chi connectivity index (χ1n) is 9.40. The van der Waals surface area contributed by atoms with Crippen molar-refractivity contribution in [2.45, 2.75) is 19.4 Å². The number of anilines is 2. The molecular weight excluding hydrogens is 352 g/mol. The fourth-order valence-electron chi connectivity index (χ4n) is 3.06. The van der Waals surface area contributed by atoms with Crippen LogP contribution in [0.3, 0.4) is 0 Å². The standard InChI is InChI=1S/C22H22N4O2/c27-19-8-4-5-17(13-19)15-26(14-16-9-10-16)21-12-11-20(24-25-21)22(28)23-18-6-2-1-3-7-18/h1-8,11-13,16,27H,9-10,14-15H2,(H,23,28). The van der Waals surface area contributed by atoms with Gasteiger partial charge in [0.2, 0.25) is 0 Å². The minimum Gasteiger partial charge on any atom is -0.508 e. The molecule has 1 amide bonds. The van der Waals surface area contributed by atoms with Crippen molar-refractivity contribution in [2.24, 2.45) is 5.92 Å². The number of rotatable bonds is 7. The minimum absolute atomic E-state index is 0.253. The number of carbonyl (C=O) groups is 1. The van der Waals surface area contributed by atoms with Gasteiger partial charge in [-0.2, -0.15) is 0 Å². The molecule has 0 saturated heterocycles. The van der Waals surface area contributed by atoms with Gasteiger partial charge in [0.25, 0.3) is 5.91 Å². The first-order chi connectivity index (χ1) is 13.7. The summed E-state index contributed by atoms with van der Waals surface area (Å²) in [5.41, 5.74) is 2.00. The number of nitrogens with one attached hydrogen (secondary N) is 1. The molecule has 0 bridgehead atoms. The fraction of sp³-hybridized carbons (Fsp3) is 0.227. The third-order valence-electron chi connectivity index (χ3n) is 4.70. The lowest BCUT2D eigenvalue weighted by Gasteiger charge is -2.23. The molecule has 6 nitrogen and oxygen atoms in total. The van der Waals surface area contributed by atoms with Gasteiger partial charge in [0.15, 0.2) is 11.5 Å². The van der Waals surface area contributed by atoms with Gasteiger partial charge >= 0.3 is 0 Å². The van der Waals surface area contributed by atoms with Crippen molar-refractivity contribution in [1.29, 1.82) is 0 Å². The van der Waals surface area contributed by atoms with E-state index in [0.29, 0.717) is 12.5 Å². The number of nitrogens with zero attached hydrogens (tertiary/aromatic N) is 3. The minimum atomic E-state index is -0.285. The van der Waals surface area contributed by atoms with E-state index in [1.54, 1.807) is 18.2 Å². The molecule has 1 saturated carbocycles. The molecular formula is C22H22N4O2. The smallest absolute Gasteiger partial charge is 0.276 e. The molecule has 0 unspecified atom stereocenters. The molecule has 1 heterocycles. The average Bonchev–Trinajstić information content (AvgIpc) is 3.53. The van der Waals surface area contributed by atoms with E-state index in [1.165, 1.54) is 12.8 Å². The van der Waals surface area contributed by atoms with Gasteiger partial charge in [-0.15, -0.1) is 10.2 Å². The quantitative estimate of drug-likeness (QED) is 0.657. The van der Waals surface area contributed by atoms with Gasteiger partial charge in [-0.3, -0.25) is 4.79 Å². The van der Waals surface area contributed by atoms with E-state index in [9.17, 15) is 9.90 Å². The summed E-state index contributed by atoms with van der Waals surface area (Å²) in [4.78, 5) is 14.5. The predicted molar refractivity (Wildman–Crippen MR) is 108 cm³/mol. The maximum Gasteiger partial charge on any atom is 0.276 e. The molecule has 142 valence electrons. The van der Waals surface area contributed by atoms with Gasteiger partial charge < -0.3 is 15.3 Å². The van der Waals surface area contributed by atoms with Crippen LogP contribution in [-0.2, 0) is 6.54 Å². The van der Waals surface area contributed by atoms with E-state index in [0.717, 1.165) is 23.6 Å². The number of phenols is 1. The average molecular weight is 374 g/mol. The van der Waals surface area contributed by atoms with E-state index in [2.05, 4.69) is 20.4 Å². The highest BCUT2D eigenvalue weighted by atomic mass is 16.3. The molecule has 28 heavy (non-hydrogen) atoms. The highest BCUT2D eigenvalue weighted by Gasteiger charge is 2.25. The third kappa shape index (κ3) is 4.65. The summed E-state index contributed by atoms with van der Waals surface area (Å²) in [6.45, 7) is 1.52. The topological polar surface area (TPSA) is 78.4 Å². The maximum atomic E-state index is 12.4. The number of aromatic nitrogens is 2. The first-order valence-corrected chi connectivity index (χ1v) is 9.40. The molecule has 1 aliphatic rings. The van der Waals surface area contributed by atoms with Crippen molar-refractivity contribution >= 4 is 17.4 Å². The Bertz CT molecular complexity index is 940. The van der Waals surface area contributed by atoms with Crippen LogP contribution in [0, 0.1) is 5.92 Å². The highest BCUT2D eigenvalue weighted by molar-refractivity contribution is 6.02. The lowest BCUT2D eigenvalue weighted by Crippen LogP contribution is -2.27. The predicted octanol–water partition coefficient (Wildman–Crippen LogP) is 3.85. The SMILES string of the molecule is O=C(Nc1ccccc1)c1ccc(N(Cc2cccc(O)c2)CC2CC2)nn1. The molecule has 0 aliphatic heterocycles. The Morgan fingerprint density at radius 2 is 1.86 bits per heavy atom. The van der Waals surface area contributed by atoms with Crippen LogP contribution in [0.25, 0.3) is 0 Å². The number of para-hydroxylation sites is 1. The van der Waals surface area contributed by atoms with Gasteiger partial charge in [-0.1, -0.05) is 30.3 Å². The molecule has 2 aromatic carbocycles. The summed E-state index contributed by atoms with van der Waals surface area (Å²) in [5, 5.41) is 21.0. The summed E-state index contributed by atoms with van der Waals surface area (Å²) >= 11 is 0. The van der Waals surface area contributed by atoms with E-state index in [-0.39, 0.29) is 17.4 Å². The van der Waals surface area contributed by atoms with Crippen molar-refractivity contribution in [3.63, 3.8) is 0 Å². The Labute approximate surface area is 163 Å². The number of carbonyl (C=O) groups excluding carboxylic acids is 1. The number of benzene rings is 2. The summed E-state index contributed by atoms with van der Waals surface area (Å²) in [6, 6.07) is 20.0. The zero-order valence-electron chi connectivity index (χ0n) is 15.5. The van der Waals surface area contributed by atoms with Crippen molar-refractivity contribution in [3.8, 4) is 5.75 Å². The molecule has 0 atom stereocenters. The fourth-order valence-corrected chi connectivity index (χ4v) is 3.06. The van der Waals surface area contributed by atoms with E-state index in [1.807, 2.05) is 48.5 Å². The highest BCUT2D eigenvalue weighted by Crippen LogP contribution is 2.31. The van der Waals surface area contributed by atoms with Gasteiger partial charge in [0, 0.05) is 18.8 Å². The lowest BCUT2D eigenvalue weighted by molar-refractivity contribution is 0.102. The second kappa shape index (κ2) is 8.08. The Hall–Kier alpha value is -3.41. The van der Waals surface area contributed by atoms with Crippen LogP contribution < -0.4 is 10.2 Å². The molecule has 1 aliphatic carbocycles. The lowest BCUT2D eigenvalue weighted by atomic mass is 10.2. The van der Waals surface area contributed by atoms with Crippen molar-refractivity contribution in [1.82, 2.24) is 10.2 Å². The molecule has 1 aromatic heterocycles. The maximum absolute atomic E-state index is 12.4. The Morgan fingerprint density at radius 3 is 2.54 bits per heavy atom.